The molecule has 2 aromatic rings. The lowest BCUT2D eigenvalue weighted by Gasteiger charge is -2.06. The third-order valence-electron chi connectivity index (χ3n) is 3.13. The number of hydrogen-bond acceptors (Lipinski definition) is 3. The fourth-order valence-corrected chi connectivity index (χ4v) is 2.07. The highest BCUT2D eigenvalue weighted by Crippen LogP contribution is 2.18. The summed E-state index contributed by atoms with van der Waals surface area (Å²) in [4.78, 5) is 15.2. The summed E-state index contributed by atoms with van der Waals surface area (Å²) in [5.74, 6) is 0.0408. The average molecular weight is 247 g/mol. The number of aromatic nitrogens is 2. The Morgan fingerprint density at radius 3 is 2.89 bits per heavy atom. The third kappa shape index (κ3) is 2.22. The van der Waals surface area contributed by atoms with Gasteiger partial charge in [-0.15, -0.1) is 0 Å². The van der Waals surface area contributed by atoms with Crippen LogP contribution in [0.4, 0.5) is 0 Å². The molecule has 0 bridgehead atoms. The quantitative estimate of drug-likeness (QED) is 0.847. The van der Waals surface area contributed by atoms with Crippen LogP contribution in [-0.2, 0) is 24.7 Å². The predicted octanol–water partition coefficient (Wildman–Crippen LogP) is 1.09. The summed E-state index contributed by atoms with van der Waals surface area (Å²) in [6, 6.07) is 4.90. The minimum atomic E-state index is -0.977. The van der Waals surface area contributed by atoms with Crippen molar-refractivity contribution < 1.29 is 9.90 Å². The van der Waals surface area contributed by atoms with E-state index in [1.54, 1.807) is 0 Å². The van der Waals surface area contributed by atoms with Crippen molar-refractivity contribution in [3.05, 3.63) is 29.6 Å². The Kier molecular flexibility index (Phi) is 3.34. The molecule has 0 amide bonds. The van der Waals surface area contributed by atoms with Crippen LogP contribution in [0.3, 0.4) is 0 Å². The van der Waals surface area contributed by atoms with Gasteiger partial charge in [-0.05, 0) is 24.1 Å². The summed E-state index contributed by atoms with van der Waals surface area (Å²) in [6.07, 6.45) is 1.20. The monoisotopic (exact) mass is 247 g/mol. The van der Waals surface area contributed by atoms with Crippen LogP contribution in [-0.4, -0.2) is 26.7 Å². The lowest BCUT2D eigenvalue weighted by atomic mass is 10.1. The summed E-state index contributed by atoms with van der Waals surface area (Å²) >= 11 is 0. The van der Waals surface area contributed by atoms with Crippen LogP contribution in [0.25, 0.3) is 11.0 Å². The molecule has 0 radical (unpaired) electrons. The van der Waals surface area contributed by atoms with Gasteiger partial charge >= 0.3 is 5.97 Å². The highest BCUT2D eigenvalue weighted by molar-refractivity contribution is 5.78. The molecule has 5 heteroatoms. The normalized spacial score (nSPS) is 12.8. The van der Waals surface area contributed by atoms with E-state index in [1.807, 2.05) is 29.8 Å². The Balaban J connectivity index is 2.37. The fourth-order valence-electron chi connectivity index (χ4n) is 2.07. The van der Waals surface area contributed by atoms with Crippen molar-refractivity contribution in [1.29, 1.82) is 0 Å². The number of aryl methyl sites for hydroxylation is 2. The highest BCUT2D eigenvalue weighted by Gasteiger charge is 2.13. The number of fused-ring (bicyclic) bond motifs is 1. The summed E-state index contributed by atoms with van der Waals surface area (Å²) in [6.45, 7) is 2.06. The number of nitrogens with zero attached hydrogens (tertiary/aromatic N) is 2. The van der Waals surface area contributed by atoms with Crippen molar-refractivity contribution in [3.8, 4) is 0 Å². The van der Waals surface area contributed by atoms with E-state index in [1.165, 1.54) is 0 Å². The van der Waals surface area contributed by atoms with Crippen LogP contribution in [0.1, 0.15) is 18.3 Å². The van der Waals surface area contributed by atoms with Crippen LogP contribution in [0.2, 0.25) is 0 Å². The molecular weight excluding hydrogens is 230 g/mol. The maximum absolute atomic E-state index is 10.7. The van der Waals surface area contributed by atoms with Crippen LogP contribution >= 0.6 is 0 Å². The number of aliphatic carboxylic acids is 1. The van der Waals surface area contributed by atoms with Gasteiger partial charge in [-0.2, -0.15) is 0 Å². The van der Waals surface area contributed by atoms with Crippen LogP contribution in [0, 0.1) is 0 Å². The van der Waals surface area contributed by atoms with Gasteiger partial charge in [0.25, 0.3) is 0 Å². The Bertz CT molecular complexity index is 589. The van der Waals surface area contributed by atoms with Crippen molar-refractivity contribution in [2.75, 3.05) is 0 Å². The lowest BCUT2D eigenvalue weighted by Crippen LogP contribution is -2.32. The molecule has 1 atom stereocenters. The summed E-state index contributed by atoms with van der Waals surface area (Å²) < 4.78 is 2.03. The maximum Gasteiger partial charge on any atom is 0.320 e. The zero-order chi connectivity index (χ0) is 13.3. The van der Waals surface area contributed by atoms with E-state index in [0.29, 0.717) is 6.42 Å². The molecule has 0 fully saturated rings. The lowest BCUT2D eigenvalue weighted by molar-refractivity contribution is -0.138. The molecule has 0 aliphatic heterocycles. The summed E-state index contributed by atoms with van der Waals surface area (Å²) in [5.41, 5.74) is 8.41. The van der Waals surface area contributed by atoms with Crippen molar-refractivity contribution in [1.82, 2.24) is 9.55 Å². The van der Waals surface area contributed by atoms with Crippen LogP contribution < -0.4 is 5.73 Å². The zero-order valence-electron chi connectivity index (χ0n) is 10.6. The van der Waals surface area contributed by atoms with E-state index in [2.05, 4.69) is 11.9 Å². The standard InChI is InChI=1S/C13H17N3O2/c1-3-12-15-10-5-4-8(6-9(14)13(17)18)7-11(10)16(12)2/h4-5,7,9H,3,6,14H2,1-2H3,(H,17,18). The first-order valence-electron chi connectivity index (χ1n) is 5.95. The van der Waals surface area contributed by atoms with Crippen LogP contribution in [0.15, 0.2) is 18.2 Å². The maximum atomic E-state index is 10.7. The van der Waals surface area contributed by atoms with Gasteiger partial charge in [0.1, 0.15) is 11.9 Å². The van der Waals surface area contributed by atoms with Crippen molar-refractivity contribution in [3.63, 3.8) is 0 Å². The molecule has 0 aliphatic rings. The van der Waals surface area contributed by atoms with Gasteiger partial charge in [-0.25, -0.2) is 4.98 Å². The van der Waals surface area contributed by atoms with Gasteiger partial charge in [-0.3, -0.25) is 4.79 Å². The Morgan fingerprint density at radius 1 is 1.56 bits per heavy atom. The Labute approximate surface area is 105 Å². The molecule has 0 saturated heterocycles. The number of rotatable bonds is 4. The molecule has 3 N–H and O–H groups in total. The second kappa shape index (κ2) is 4.78. The molecular formula is C13H17N3O2. The molecule has 0 spiro atoms. The third-order valence-corrected chi connectivity index (χ3v) is 3.13. The van der Waals surface area contributed by atoms with E-state index in [4.69, 9.17) is 10.8 Å². The largest absolute Gasteiger partial charge is 0.480 e. The number of carbonyl (C=O) groups is 1. The van der Waals surface area contributed by atoms with E-state index in [0.717, 1.165) is 28.8 Å². The van der Waals surface area contributed by atoms with E-state index >= 15 is 0 Å². The topological polar surface area (TPSA) is 81.1 Å². The second-order valence-corrected chi connectivity index (χ2v) is 4.41. The van der Waals surface area contributed by atoms with Gasteiger partial charge < -0.3 is 15.4 Å². The van der Waals surface area contributed by atoms with Gasteiger partial charge in [0, 0.05) is 13.5 Å². The zero-order valence-corrected chi connectivity index (χ0v) is 10.6. The molecule has 1 heterocycles. The molecule has 5 nitrogen and oxygen atoms in total. The SMILES string of the molecule is CCc1nc2ccc(CC(N)C(=O)O)cc2n1C. The Hall–Kier alpha value is -1.88. The fraction of sp³-hybridized carbons (Fsp3) is 0.385. The molecule has 0 aliphatic carbocycles. The number of benzene rings is 1. The van der Waals surface area contributed by atoms with Gasteiger partial charge in [0.2, 0.25) is 0 Å². The average Bonchev–Trinajstić information content (AvgIpc) is 2.66. The minimum absolute atomic E-state index is 0.331. The second-order valence-electron chi connectivity index (χ2n) is 4.41. The molecule has 1 aromatic carbocycles. The molecule has 96 valence electrons. The van der Waals surface area contributed by atoms with E-state index in [9.17, 15) is 4.79 Å². The molecule has 0 saturated carbocycles. The number of hydrogen-bond donors (Lipinski definition) is 2. The predicted molar refractivity (Wildman–Crippen MR) is 69.4 cm³/mol. The molecule has 18 heavy (non-hydrogen) atoms. The number of carboxylic acid groups (broad SMARTS) is 1. The van der Waals surface area contributed by atoms with Gasteiger partial charge in [-0.1, -0.05) is 13.0 Å². The van der Waals surface area contributed by atoms with Crippen molar-refractivity contribution in [2.24, 2.45) is 12.8 Å². The first-order valence-corrected chi connectivity index (χ1v) is 5.95. The summed E-state index contributed by atoms with van der Waals surface area (Å²) in [7, 11) is 1.97. The van der Waals surface area contributed by atoms with E-state index in [-0.39, 0.29) is 0 Å². The van der Waals surface area contributed by atoms with Crippen molar-refractivity contribution >= 4 is 17.0 Å². The number of carboxylic acids is 1. The highest BCUT2D eigenvalue weighted by atomic mass is 16.4. The van der Waals surface area contributed by atoms with Crippen LogP contribution in [0.5, 0.6) is 0 Å². The summed E-state index contributed by atoms with van der Waals surface area (Å²) in [5, 5.41) is 8.81. The number of imidazole rings is 1. The first kappa shape index (κ1) is 12.6. The minimum Gasteiger partial charge on any atom is -0.480 e. The Morgan fingerprint density at radius 2 is 2.28 bits per heavy atom. The molecule has 1 unspecified atom stereocenters. The first-order chi connectivity index (χ1) is 8.52. The van der Waals surface area contributed by atoms with E-state index < -0.39 is 12.0 Å². The van der Waals surface area contributed by atoms with Gasteiger partial charge in [0.05, 0.1) is 11.0 Å². The smallest absolute Gasteiger partial charge is 0.320 e. The molecule has 2 rings (SSSR count). The molecule has 1 aromatic heterocycles. The van der Waals surface area contributed by atoms with Gasteiger partial charge in [0.15, 0.2) is 0 Å². The number of nitrogens with two attached hydrogens (primary N) is 1. The van der Waals surface area contributed by atoms with Crippen molar-refractivity contribution in [2.45, 2.75) is 25.8 Å².